The normalized spacial score (nSPS) is 10.9. The van der Waals surface area contributed by atoms with Crippen molar-refractivity contribution in [2.75, 3.05) is 25.3 Å². The Morgan fingerprint density at radius 3 is 2.76 bits per heavy atom. The van der Waals surface area contributed by atoms with Crippen LogP contribution in [0.5, 0.6) is 11.5 Å². The maximum atomic E-state index is 14.3. The number of nitrogens with one attached hydrogen (secondary N) is 1. The number of thioether (sulfide) groups is 1. The molecule has 0 atom stereocenters. The molecule has 1 N–H and O–H groups in total. The number of carbonyl (C=O) groups is 1. The zero-order chi connectivity index (χ0) is 23.4. The van der Waals surface area contributed by atoms with E-state index in [0.29, 0.717) is 38.1 Å². The zero-order valence-electron chi connectivity index (χ0n) is 17.8. The van der Waals surface area contributed by atoms with Gasteiger partial charge in [0.05, 0.1) is 37.7 Å². The molecule has 0 fully saturated rings. The number of hydrogen-bond acceptors (Lipinski definition) is 7. The third kappa shape index (κ3) is 5.01. The van der Waals surface area contributed by atoms with E-state index in [1.165, 1.54) is 36.2 Å². The summed E-state index contributed by atoms with van der Waals surface area (Å²) in [6.45, 7) is 0.0139. The van der Waals surface area contributed by atoms with Gasteiger partial charge < -0.3 is 14.8 Å². The lowest BCUT2D eigenvalue weighted by atomic mass is 10.2. The number of ether oxygens (including phenoxy) is 2. The fraction of sp³-hybridized carbons (Fsp3) is 0.174. The molecule has 33 heavy (non-hydrogen) atoms. The molecule has 7 nitrogen and oxygen atoms in total. The van der Waals surface area contributed by atoms with Crippen LogP contribution in [-0.2, 0) is 11.3 Å². The molecule has 0 bridgehead atoms. The second-order valence-electron chi connectivity index (χ2n) is 6.92. The first-order chi connectivity index (χ1) is 16.0. The monoisotopic (exact) mass is 485 g/mol. The summed E-state index contributed by atoms with van der Waals surface area (Å²) < 4.78 is 26.6. The van der Waals surface area contributed by atoms with Gasteiger partial charge >= 0.3 is 0 Å². The zero-order valence-corrected chi connectivity index (χ0v) is 19.5. The topological polar surface area (TPSA) is 82.5 Å². The van der Waals surface area contributed by atoms with E-state index in [1.54, 1.807) is 47.8 Å². The summed E-state index contributed by atoms with van der Waals surface area (Å²) in [6, 6.07) is 13.1. The molecular formula is C23H20FN3O4S2. The lowest BCUT2D eigenvalue weighted by Crippen LogP contribution is -2.24. The molecule has 2 aromatic carbocycles. The van der Waals surface area contributed by atoms with Crippen LogP contribution in [0.15, 0.2) is 63.9 Å². The van der Waals surface area contributed by atoms with Crippen LogP contribution in [0.25, 0.3) is 10.2 Å². The minimum Gasteiger partial charge on any atom is -0.497 e. The number of fused-ring (bicyclic) bond motifs is 1. The Kier molecular flexibility index (Phi) is 6.95. The van der Waals surface area contributed by atoms with Gasteiger partial charge in [-0.15, -0.1) is 11.3 Å². The highest BCUT2D eigenvalue weighted by Gasteiger charge is 2.17. The van der Waals surface area contributed by atoms with Gasteiger partial charge in [-0.25, -0.2) is 9.37 Å². The first-order valence-electron chi connectivity index (χ1n) is 9.86. The first kappa shape index (κ1) is 22.8. The Morgan fingerprint density at radius 1 is 1.18 bits per heavy atom. The van der Waals surface area contributed by atoms with Crippen LogP contribution in [-0.4, -0.2) is 35.4 Å². The van der Waals surface area contributed by atoms with Crippen LogP contribution in [0.3, 0.4) is 0 Å². The molecule has 2 aromatic heterocycles. The molecule has 2 heterocycles. The first-order valence-corrected chi connectivity index (χ1v) is 11.7. The van der Waals surface area contributed by atoms with Crippen molar-refractivity contribution in [3.63, 3.8) is 0 Å². The SMILES string of the molecule is COc1ccc(OC)c(NC(=O)CSc2nc3ccsc3c(=O)n2Cc2ccccc2F)c1. The number of aromatic nitrogens is 2. The molecular weight excluding hydrogens is 465 g/mol. The summed E-state index contributed by atoms with van der Waals surface area (Å²) >= 11 is 2.39. The van der Waals surface area contributed by atoms with Gasteiger partial charge in [0.1, 0.15) is 22.0 Å². The van der Waals surface area contributed by atoms with Crippen molar-refractivity contribution >= 4 is 44.9 Å². The summed E-state index contributed by atoms with van der Waals surface area (Å²) in [6.07, 6.45) is 0. The summed E-state index contributed by atoms with van der Waals surface area (Å²) in [5.74, 6) is 0.323. The van der Waals surface area contributed by atoms with Crippen LogP contribution in [0, 0.1) is 5.82 Å². The van der Waals surface area contributed by atoms with Crippen molar-refractivity contribution in [1.29, 1.82) is 0 Å². The van der Waals surface area contributed by atoms with Crippen molar-refractivity contribution < 1.29 is 18.7 Å². The van der Waals surface area contributed by atoms with Gasteiger partial charge in [-0.1, -0.05) is 30.0 Å². The van der Waals surface area contributed by atoms with E-state index in [-0.39, 0.29) is 23.8 Å². The van der Waals surface area contributed by atoms with Gasteiger partial charge in [0.2, 0.25) is 5.91 Å². The lowest BCUT2D eigenvalue weighted by Gasteiger charge is -2.14. The molecule has 0 radical (unpaired) electrons. The molecule has 0 saturated carbocycles. The van der Waals surface area contributed by atoms with Crippen LogP contribution in [0.4, 0.5) is 10.1 Å². The second kappa shape index (κ2) is 10.1. The van der Waals surface area contributed by atoms with Gasteiger partial charge in [0, 0.05) is 11.6 Å². The predicted octanol–water partition coefficient (Wildman–Crippen LogP) is 4.39. The van der Waals surface area contributed by atoms with Gasteiger partial charge in [-0.2, -0.15) is 0 Å². The number of hydrogen-bond donors (Lipinski definition) is 1. The summed E-state index contributed by atoms with van der Waals surface area (Å²) in [5, 5.41) is 4.91. The number of halogens is 1. The van der Waals surface area contributed by atoms with Crippen molar-refractivity contribution in [3.8, 4) is 11.5 Å². The van der Waals surface area contributed by atoms with E-state index < -0.39 is 5.82 Å². The Bertz CT molecular complexity index is 1370. The number of carbonyl (C=O) groups excluding carboxylic acids is 1. The standard InChI is InChI=1S/C23H20FN3O4S2/c1-30-15-7-8-19(31-2)18(11-15)25-20(28)13-33-23-26-17-9-10-32-21(17)22(29)27(23)12-14-5-3-4-6-16(14)24/h3-11H,12-13H2,1-2H3,(H,25,28). The third-order valence-electron chi connectivity index (χ3n) is 4.83. The molecule has 10 heteroatoms. The van der Waals surface area contributed by atoms with E-state index >= 15 is 0 Å². The molecule has 0 saturated heterocycles. The quantitative estimate of drug-likeness (QED) is 0.294. The van der Waals surface area contributed by atoms with E-state index in [2.05, 4.69) is 10.3 Å². The molecule has 0 aliphatic rings. The molecule has 0 aliphatic heterocycles. The van der Waals surface area contributed by atoms with Crippen LogP contribution < -0.4 is 20.3 Å². The van der Waals surface area contributed by atoms with E-state index in [4.69, 9.17) is 9.47 Å². The number of nitrogens with zero attached hydrogens (tertiary/aromatic N) is 2. The Hall–Kier alpha value is -3.37. The van der Waals surface area contributed by atoms with Crippen molar-refractivity contribution in [1.82, 2.24) is 9.55 Å². The lowest BCUT2D eigenvalue weighted by molar-refractivity contribution is -0.113. The number of benzene rings is 2. The Labute approximate surface area is 197 Å². The van der Waals surface area contributed by atoms with E-state index in [0.717, 1.165) is 11.8 Å². The maximum absolute atomic E-state index is 14.3. The highest BCUT2D eigenvalue weighted by molar-refractivity contribution is 7.99. The summed E-state index contributed by atoms with van der Waals surface area (Å²) in [7, 11) is 3.04. The van der Waals surface area contributed by atoms with Crippen molar-refractivity contribution in [2.24, 2.45) is 0 Å². The minimum atomic E-state index is -0.408. The molecule has 0 unspecified atom stereocenters. The van der Waals surface area contributed by atoms with E-state index in [9.17, 15) is 14.0 Å². The van der Waals surface area contributed by atoms with Crippen LogP contribution >= 0.6 is 23.1 Å². The summed E-state index contributed by atoms with van der Waals surface area (Å²) in [5.41, 5.74) is 1.11. The third-order valence-corrected chi connectivity index (χ3v) is 6.70. The van der Waals surface area contributed by atoms with Crippen LogP contribution in [0.2, 0.25) is 0 Å². The maximum Gasteiger partial charge on any atom is 0.272 e. The Balaban J connectivity index is 1.59. The van der Waals surface area contributed by atoms with Gasteiger partial charge in [-0.3, -0.25) is 14.2 Å². The smallest absolute Gasteiger partial charge is 0.272 e. The predicted molar refractivity (Wildman–Crippen MR) is 128 cm³/mol. The molecule has 1 amide bonds. The highest BCUT2D eigenvalue weighted by Crippen LogP contribution is 2.29. The second-order valence-corrected chi connectivity index (χ2v) is 8.77. The van der Waals surface area contributed by atoms with Gasteiger partial charge in [-0.05, 0) is 29.6 Å². The molecule has 4 aromatic rings. The van der Waals surface area contributed by atoms with Crippen molar-refractivity contribution in [2.45, 2.75) is 11.7 Å². The molecule has 170 valence electrons. The number of thiophene rings is 1. The highest BCUT2D eigenvalue weighted by atomic mass is 32.2. The summed E-state index contributed by atoms with van der Waals surface area (Å²) in [4.78, 5) is 30.3. The van der Waals surface area contributed by atoms with Crippen molar-refractivity contribution in [3.05, 3.63) is 75.6 Å². The van der Waals surface area contributed by atoms with Crippen LogP contribution in [0.1, 0.15) is 5.56 Å². The number of rotatable bonds is 8. The minimum absolute atomic E-state index is 0.0139. The average Bonchev–Trinajstić information content (AvgIpc) is 3.30. The number of anilines is 1. The average molecular weight is 486 g/mol. The van der Waals surface area contributed by atoms with Gasteiger partial charge in [0.15, 0.2) is 5.16 Å². The van der Waals surface area contributed by atoms with Gasteiger partial charge in [0.25, 0.3) is 5.56 Å². The number of methoxy groups -OCH3 is 2. The Morgan fingerprint density at radius 2 is 2.00 bits per heavy atom. The van der Waals surface area contributed by atoms with E-state index in [1.807, 2.05) is 0 Å². The molecule has 0 aliphatic carbocycles. The fourth-order valence-electron chi connectivity index (χ4n) is 3.20. The number of amides is 1. The molecule has 0 spiro atoms. The fourth-order valence-corrected chi connectivity index (χ4v) is 4.78. The largest absolute Gasteiger partial charge is 0.497 e. The molecule has 4 rings (SSSR count).